The second-order valence-corrected chi connectivity index (χ2v) is 4.71. The minimum absolute atomic E-state index is 0. The highest BCUT2D eigenvalue weighted by molar-refractivity contribution is 14.0. The number of hydrogen-bond acceptors (Lipinski definition) is 3. The zero-order chi connectivity index (χ0) is 13.1. The number of nitrogens with zero attached hydrogens (tertiary/aromatic N) is 1. The summed E-state index contributed by atoms with van der Waals surface area (Å²) in [6, 6.07) is 3.16. The van der Waals surface area contributed by atoms with Crippen LogP contribution in [0.15, 0.2) is 21.5 Å². The van der Waals surface area contributed by atoms with E-state index in [1.807, 2.05) is 20.8 Å². The molecule has 1 aromatic heterocycles. The number of halogens is 1. The molecule has 0 saturated carbocycles. The van der Waals surface area contributed by atoms with E-state index in [4.69, 9.17) is 15.9 Å². The zero-order valence-corrected chi connectivity index (χ0v) is 13.0. The minimum atomic E-state index is -0.596. The molecule has 0 aromatic carbocycles. The lowest BCUT2D eigenvalue weighted by atomic mass is 10.1. The fourth-order valence-corrected chi connectivity index (χ4v) is 1.18. The van der Waals surface area contributed by atoms with Crippen LogP contribution in [0.25, 0.3) is 0 Å². The van der Waals surface area contributed by atoms with Gasteiger partial charge in [-0.2, -0.15) is 0 Å². The summed E-state index contributed by atoms with van der Waals surface area (Å²) >= 11 is 0. The molecule has 7 heteroatoms. The van der Waals surface area contributed by atoms with E-state index in [0.717, 1.165) is 0 Å². The molecule has 0 spiro atoms. The Kier molecular flexibility index (Phi) is 6.16. The Bertz CT molecular complexity index is 434. The summed E-state index contributed by atoms with van der Waals surface area (Å²) in [6.07, 6.45) is 0. The summed E-state index contributed by atoms with van der Waals surface area (Å²) < 4.78 is 5.16. The number of nitrogens with two attached hydrogens (primary N) is 2. The molecule has 0 radical (unpaired) electrons. The van der Waals surface area contributed by atoms with Crippen molar-refractivity contribution in [3.05, 3.63) is 23.7 Å². The molecule has 0 saturated heterocycles. The summed E-state index contributed by atoms with van der Waals surface area (Å²) in [5.41, 5.74) is 10.6. The number of hydrogen-bond donors (Lipinski definition) is 3. The van der Waals surface area contributed by atoms with Gasteiger partial charge in [-0.05, 0) is 32.9 Å². The molecule has 0 unspecified atom stereocenters. The van der Waals surface area contributed by atoms with E-state index in [-0.39, 0.29) is 41.8 Å². The summed E-state index contributed by atoms with van der Waals surface area (Å²) in [6.45, 7) is 6.20. The minimum Gasteiger partial charge on any atom is -0.454 e. The van der Waals surface area contributed by atoms with Crippen LogP contribution in [0.4, 0.5) is 0 Å². The Hall–Kier alpha value is -1.25. The number of primary amides is 1. The van der Waals surface area contributed by atoms with Gasteiger partial charge in [0, 0.05) is 5.54 Å². The lowest BCUT2D eigenvalue weighted by Crippen LogP contribution is -2.44. The number of carbonyl (C=O) groups is 1. The molecule has 1 aromatic rings. The van der Waals surface area contributed by atoms with E-state index < -0.39 is 5.91 Å². The third-order valence-corrected chi connectivity index (χ3v) is 1.81. The van der Waals surface area contributed by atoms with Crippen LogP contribution in [-0.2, 0) is 6.54 Å². The monoisotopic (exact) mass is 366 g/mol. The maximum atomic E-state index is 10.8. The number of guanidine groups is 1. The largest absolute Gasteiger partial charge is 0.454 e. The molecular weight excluding hydrogens is 347 g/mol. The summed E-state index contributed by atoms with van der Waals surface area (Å²) in [4.78, 5) is 14.9. The Morgan fingerprint density at radius 2 is 2.00 bits per heavy atom. The Labute approximate surface area is 123 Å². The van der Waals surface area contributed by atoms with Crippen molar-refractivity contribution >= 4 is 35.8 Å². The van der Waals surface area contributed by atoms with Crippen LogP contribution in [0.5, 0.6) is 0 Å². The maximum absolute atomic E-state index is 10.8. The first kappa shape index (κ1) is 16.8. The van der Waals surface area contributed by atoms with Gasteiger partial charge in [-0.25, -0.2) is 4.99 Å². The van der Waals surface area contributed by atoms with E-state index in [1.165, 1.54) is 6.07 Å². The van der Waals surface area contributed by atoms with Gasteiger partial charge in [-0.1, -0.05) is 0 Å². The van der Waals surface area contributed by atoms with Crippen LogP contribution in [0.2, 0.25) is 0 Å². The third kappa shape index (κ3) is 5.89. The van der Waals surface area contributed by atoms with Crippen molar-refractivity contribution < 1.29 is 9.21 Å². The second-order valence-electron chi connectivity index (χ2n) is 4.71. The lowest BCUT2D eigenvalue weighted by molar-refractivity contribution is 0.0972. The predicted molar refractivity (Wildman–Crippen MR) is 80.9 cm³/mol. The Balaban J connectivity index is 0.00000289. The highest BCUT2D eigenvalue weighted by Crippen LogP contribution is 2.08. The molecule has 0 aliphatic heterocycles. The maximum Gasteiger partial charge on any atom is 0.284 e. The SMILES string of the molecule is CC(C)(C)NC(N)=NCc1ccc(C(N)=O)o1.I. The number of aliphatic imine (C=N–C) groups is 1. The van der Waals surface area contributed by atoms with Gasteiger partial charge in [0.05, 0.1) is 0 Å². The van der Waals surface area contributed by atoms with Crippen molar-refractivity contribution in [3.63, 3.8) is 0 Å². The van der Waals surface area contributed by atoms with E-state index in [1.54, 1.807) is 6.07 Å². The normalized spacial score (nSPS) is 11.8. The van der Waals surface area contributed by atoms with Gasteiger partial charge in [0.15, 0.2) is 11.7 Å². The molecule has 1 heterocycles. The number of carbonyl (C=O) groups excluding carboxylic acids is 1. The quantitative estimate of drug-likeness (QED) is 0.425. The molecule has 5 N–H and O–H groups in total. The Morgan fingerprint density at radius 3 is 2.44 bits per heavy atom. The van der Waals surface area contributed by atoms with Crippen molar-refractivity contribution in [2.24, 2.45) is 16.5 Å². The number of furan rings is 1. The van der Waals surface area contributed by atoms with Gasteiger partial charge >= 0.3 is 0 Å². The fourth-order valence-electron chi connectivity index (χ4n) is 1.18. The number of amides is 1. The topological polar surface area (TPSA) is 107 Å². The highest BCUT2D eigenvalue weighted by atomic mass is 127. The molecule has 0 bridgehead atoms. The number of rotatable bonds is 3. The molecular formula is C11H19IN4O2. The van der Waals surface area contributed by atoms with Crippen molar-refractivity contribution in [2.45, 2.75) is 32.9 Å². The van der Waals surface area contributed by atoms with Crippen LogP contribution in [0, 0.1) is 0 Å². The van der Waals surface area contributed by atoms with Gasteiger partial charge in [-0.3, -0.25) is 4.79 Å². The summed E-state index contributed by atoms with van der Waals surface area (Å²) in [5, 5.41) is 3.01. The molecule has 6 nitrogen and oxygen atoms in total. The molecule has 0 atom stereocenters. The lowest BCUT2D eigenvalue weighted by Gasteiger charge is -2.20. The van der Waals surface area contributed by atoms with E-state index in [2.05, 4.69) is 10.3 Å². The molecule has 102 valence electrons. The van der Waals surface area contributed by atoms with Gasteiger partial charge < -0.3 is 21.2 Å². The average molecular weight is 366 g/mol. The predicted octanol–water partition coefficient (Wildman–Crippen LogP) is 1.20. The number of nitrogens with one attached hydrogen (secondary N) is 1. The van der Waals surface area contributed by atoms with Crippen LogP contribution in [0.3, 0.4) is 0 Å². The summed E-state index contributed by atoms with van der Waals surface area (Å²) in [5.74, 6) is 0.394. The van der Waals surface area contributed by atoms with Crippen molar-refractivity contribution in [2.75, 3.05) is 0 Å². The molecule has 1 amide bonds. The first-order valence-electron chi connectivity index (χ1n) is 5.24. The van der Waals surface area contributed by atoms with Gasteiger partial charge in [0.25, 0.3) is 5.91 Å². The first-order valence-corrected chi connectivity index (χ1v) is 5.24. The van der Waals surface area contributed by atoms with Crippen LogP contribution >= 0.6 is 24.0 Å². The van der Waals surface area contributed by atoms with Crippen LogP contribution < -0.4 is 16.8 Å². The van der Waals surface area contributed by atoms with Crippen molar-refractivity contribution in [1.29, 1.82) is 0 Å². The molecule has 0 fully saturated rings. The first-order chi connectivity index (χ1) is 7.78. The fraction of sp³-hybridized carbons (Fsp3) is 0.455. The Morgan fingerprint density at radius 1 is 1.39 bits per heavy atom. The molecule has 1 rings (SSSR count). The average Bonchev–Trinajstić information content (AvgIpc) is 2.60. The molecule has 0 aliphatic carbocycles. The zero-order valence-electron chi connectivity index (χ0n) is 10.7. The van der Waals surface area contributed by atoms with Gasteiger partial charge in [0.2, 0.25) is 0 Å². The van der Waals surface area contributed by atoms with Crippen LogP contribution in [0.1, 0.15) is 37.1 Å². The van der Waals surface area contributed by atoms with Crippen molar-refractivity contribution in [3.8, 4) is 0 Å². The van der Waals surface area contributed by atoms with Gasteiger partial charge in [0.1, 0.15) is 12.3 Å². The molecule has 0 aliphatic rings. The van der Waals surface area contributed by atoms with E-state index >= 15 is 0 Å². The van der Waals surface area contributed by atoms with Crippen molar-refractivity contribution in [1.82, 2.24) is 5.32 Å². The standard InChI is InChI=1S/C11H18N4O2.HI/c1-11(2,3)15-10(13)14-6-7-4-5-8(17-7)9(12)16;/h4-5H,6H2,1-3H3,(H2,12,16)(H3,13,14,15);1H. The van der Waals surface area contributed by atoms with Gasteiger partial charge in [-0.15, -0.1) is 24.0 Å². The van der Waals surface area contributed by atoms with Crippen LogP contribution in [-0.4, -0.2) is 17.4 Å². The summed E-state index contributed by atoms with van der Waals surface area (Å²) in [7, 11) is 0. The van der Waals surface area contributed by atoms with E-state index in [0.29, 0.717) is 11.7 Å². The van der Waals surface area contributed by atoms with E-state index in [9.17, 15) is 4.79 Å². The smallest absolute Gasteiger partial charge is 0.284 e. The highest BCUT2D eigenvalue weighted by Gasteiger charge is 2.10. The third-order valence-electron chi connectivity index (χ3n) is 1.81. The second kappa shape index (κ2) is 6.62. The molecule has 18 heavy (non-hydrogen) atoms.